The first-order valence-electron chi connectivity index (χ1n) is 6.34. The van der Waals surface area contributed by atoms with E-state index in [2.05, 4.69) is 21.2 Å². The molecule has 3 N–H and O–H groups in total. The average Bonchev–Trinajstić information content (AvgIpc) is 2.36. The first-order valence-corrected chi connectivity index (χ1v) is 8.68. The van der Waals surface area contributed by atoms with Gasteiger partial charge in [-0.1, -0.05) is 36.7 Å². The molecular formula is C13H18BrFN2O3S. The number of hydrogen-bond donors (Lipinski definition) is 2. The van der Waals surface area contributed by atoms with E-state index in [0.717, 1.165) is 6.07 Å². The Morgan fingerprint density at radius 1 is 1.38 bits per heavy atom. The second kappa shape index (κ2) is 6.85. The molecule has 118 valence electrons. The molecule has 21 heavy (non-hydrogen) atoms. The van der Waals surface area contributed by atoms with E-state index in [0.29, 0.717) is 12.5 Å². The Bertz CT molecular complexity index is 647. The van der Waals surface area contributed by atoms with Crippen molar-refractivity contribution in [3.63, 3.8) is 0 Å². The van der Waals surface area contributed by atoms with Gasteiger partial charge in [-0.25, -0.2) is 17.9 Å². The van der Waals surface area contributed by atoms with Gasteiger partial charge in [0.15, 0.2) is 5.82 Å². The standard InChI is InChI=1S/C13H18BrFN2O3S/c1-7(2)8(3)6-17-13(18)10-4-9(14)5-11(12(10)15)21(16,19)20/h4-5,7-8H,6H2,1-3H3,(H,17,18)(H2,16,19,20). The Labute approximate surface area is 132 Å². The van der Waals surface area contributed by atoms with Gasteiger partial charge in [-0.2, -0.15) is 0 Å². The highest BCUT2D eigenvalue weighted by Crippen LogP contribution is 2.23. The predicted molar refractivity (Wildman–Crippen MR) is 81.8 cm³/mol. The van der Waals surface area contributed by atoms with Gasteiger partial charge in [-0.05, 0) is 24.0 Å². The van der Waals surface area contributed by atoms with E-state index in [1.54, 1.807) is 0 Å². The van der Waals surface area contributed by atoms with Crippen molar-refractivity contribution >= 4 is 31.9 Å². The summed E-state index contributed by atoms with van der Waals surface area (Å²) in [5.74, 6) is -1.25. The molecular weight excluding hydrogens is 363 g/mol. The number of hydrogen-bond acceptors (Lipinski definition) is 3. The number of nitrogens with two attached hydrogens (primary N) is 1. The lowest BCUT2D eigenvalue weighted by molar-refractivity contribution is 0.0940. The molecule has 0 spiro atoms. The Morgan fingerprint density at radius 3 is 2.43 bits per heavy atom. The van der Waals surface area contributed by atoms with Crippen LogP contribution in [0.15, 0.2) is 21.5 Å². The zero-order valence-electron chi connectivity index (χ0n) is 12.0. The molecule has 0 bridgehead atoms. The number of carbonyl (C=O) groups excluding carboxylic acids is 1. The molecule has 0 aliphatic carbocycles. The van der Waals surface area contributed by atoms with Crippen LogP contribution in [0.3, 0.4) is 0 Å². The third-order valence-electron chi connectivity index (χ3n) is 3.28. The molecule has 0 fully saturated rings. The summed E-state index contributed by atoms with van der Waals surface area (Å²) in [5.41, 5.74) is -0.357. The van der Waals surface area contributed by atoms with Gasteiger partial charge in [0.1, 0.15) is 4.90 Å². The molecule has 0 aromatic heterocycles. The zero-order chi connectivity index (χ0) is 16.4. The zero-order valence-corrected chi connectivity index (χ0v) is 14.4. The fraction of sp³-hybridized carbons (Fsp3) is 0.462. The smallest absolute Gasteiger partial charge is 0.254 e. The van der Waals surface area contributed by atoms with Crippen molar-refractivity contribution in [2.75, 3.05) is 6.54 Å². The van der Waals surface area contributed by atoms with Crippen molar-refractivity contribution in [1.29, 1.82) is 0 Å². The molecule has 0 radical (unpaired) electrons. The first kappa shape index (κ1) is 18.1. The molecule has 0 saturated heterocycles. The summed E-state index contributed by atoms with van der Waals surface area (Å²) < 4.78 is 37.0. The molecule has 1 amide bonds. The molecule has 1 aromatic carbocycles. The molecule has 0 aliphatic heterocycles. The maximum absolute atomic E-state index is 14.1. The highest BCUT2D eigenvalue weighted by molar-refractivity contribution is 9.10. The summed E-state index contributed by atoms with van der Waals surface area (Å²) in [7, 11) is -4.24. The van der Waals surface area contributed by atoms with Crippen LogP contribution >= 0.6 is 15.9 Å². The quantitative estimate of drug-likeness (QED) is 0.820. The fourth-order valence-electron chi connectivity index (χ4n) is 1.52. The molecule has 1 aromatic rings. The summed E-state index contributed by atoms with van der Waals surface area (Å²) in [6.07, 6.45) is 0. The summed E-state index contributed by atoms with van der Waals surface area (Å²) >= 11 is 3.04. The Hall–Kier alpha value is -0.990. The molecule has 1 rings (SSSR count). The van der Waals surface area contributed by atoms with Gasteiger partial charge in [-0.15, -0.1) is 0 Å². The van der Waals surface area contributed by atoms with E-state index < -0.39 is 26.6 Å². The molecule has 0 saturated carbocycles. The van der Waals surface area contributed by atoms with Crippen LogP contribution in [0.5, 0.6) is 0 Å². The monoisotopic (exact) mass is 380 g/mol. The lowest BCUT2D eigenvalue weighted by Crippen LogP contribution is -2.31. The van der Waals surface area contributed by atoms with E-state index in [1.165, 1.54) is 6.07 Å². The Balaban J connectivity index is 3.08. The van der Waals surface area contributed by atoms with E-state index in [4.69, 9.17) is 5.14 Å². The van der Waals surface area contributed by atoms with Crippen LogP contribution in [-0.4, -0.2) is 20.9 Å². The van der Waals surface area contributed by atoms with Crippen molar-refractivity contribution in [2.24, 2.45) is 17.0 Å². The summed E-state index contributed by atoms with van der Waals surface area (Å²) in [4.78, 5) is 11.3. The van der Waals surface area contributed by atoms with E-state index >= 15 is 0 Å². The number of benzene rings is 1. The van der Waals surface area contributed by atoms with Crippen LogP contribution in [0.2, 0.25) is 0 Å². The van der Waals surface area contributed by atoms with Crippen LogP contribution in [0, 0.1) is 17.7 Å². The third kappa shape index (κ3) is 4.76. The second-order valence-corrected chi connectivity index (χ2v) is 7.69. The molecule has 0 heterocycles. The van der Waals surface area contributed by atoms with Crippen molar-refractivity contribution in [1.82, 2.24) is 5.32 Å². The SMILES string of the molecule is CC(C)C(C)CNC(=O)c1cc(Br)cc(S(N)(=O)=O)c1F. The summed E-state index contributed by atoms with van der Waals surface area (Å²) in [6, 6.07) is 2.25. The van der Waals surface area contributed by atoms with Gasteiger partial charge in [0.25, 0.3) is 5.91 Å². The third-order valence-corrected chi connectivity index (χ3v) is 4.65. The minimum absolute atomic E-state index is 0.210. The lowest BCUT2D eigenvalue weighted by atomic mass is 9.98. The number of rotatable bonds is 5. The predicted octanol–water partition coefficient (Wildman–Crippen LogP) is 2.26. The topological polar surface area (TPSA) is 89.3 Å². The van der Waals surface area contributed by atoms with Crippen LogP contribution < -0.4 is 10.5 Å². The highest BCUT2D eigenvalue weighted by atomic mass is 79.9. The number of halogens is 2. The maximum Gasteiger partial charge on any atom is 0.254 e. The number of nitrogens with one attached hydrogen (secondary N) is 1. The van der Waals surface area contributed by atoms with Gasteiger partial charge in [-0.3, -0.25) is 4.79 Å². The minimum Gasteiger partial charge on any atom is -0.352 e. The van der Waals surface area contributed by atoms with Crippen LogP contribution in [0.1, 0.15) is 31.1 Å². The average molecular weight is 381 g/mol. The van der Waals surface area contributed by atoms with E-state index in [1.807, 2.05) is 20.8 Å². The molecule has 5 nitrogen and oxygen atoms in total. The minimum atomic E-state index is -4.24. The first-order chi connectivity index (χ1) is 9.54. The van der Waals surface area contributed by atoms with Crippen molar-refractivity contribution < 1.29 is 17.6 Å². The van der Waals surface area contributed by atoms with Crippen molar-refractivity contribution in [3.05, 3.63) is 28.0 Å². The van der Waals surface area contributed by atoms with Gasteiger partial charge in [0, 0.05) is 11.0 Å². The molecule has 8 heteroatoms. The van der Waals surface area contributed by atoms with Crippen molar-refractivity contribution in [3.8, 4) is 0 Å². The summed E-state index contributed by atoms with van der Waals surface area (Å²) in [6.45, 7) is 6.34. The molecule has 0 aliphatic rings. The van der Waals surface area contributed by atoms with E-state index in [-0.39, 0.29) is 16.0 Å². The summed E-state index contributed by atoms with van der Waals surface area (Å²) in [5, 5.41) is 7.53. The molecule has 1 unspecified atom stereocenters. The number of carbonyl (C=O) groups is 1. The van der Waals surface area contributed by atoms with E-state index in [9.17, 15) is 17.6 Å². The van der Waals surface area contributed by atoms with Crippen LogP contribution in [0.25, 0.3) is 0 Å². The fourth-order valence-corrected chi connectivity index (χ4v) is 2.78. The highest BCUT2D eigenvalue weighted by Gasteiger charge is 2.23. The Morgan fingerprint density at radius 2 is 1.95 bits per heavy atom. The van der Waals surface area contributed by atoms with Gasteiger partial charge in [0.2, 0.25) is 10.0 Å². The van der Waals surface area contributed by atoms with Crippen molar-refractivity contribution in [2.45, 2.75) is 25.7 Å². The number of primary sulfonamides is 1. The van der Waals surface area contributed by atoms with Gasteiger partial charge >= 0.3 is 0 Å². The number of amides is 1. The van der Waals surface area contributed by atoms with Crippen LogP contribution in [0.4, 0.5) is 4.39 Å². The maximum atomic E-state index is 14.1. The van der Waals surface area contributed by atoms with Gasteiger partial charge in [0.05, 0.1) is 5.56 Å². The molecule has 1 atom stereocenters. The second-order valence-electron chi connectivity index (χ2n) is 5.24. The van der Waals surface area contributed by atoms with Crippen LogP contribution in [-0.2, 0) is 10.0 Å². The Kier molecular flexibility index (Phi) is 5.89. The number of sulfonamides is 1. The van der Waals surface area contributed by atoms with Gasteiger partial charge < -0.3 is 5.32 Å². The normalized spacial score (nSPS) is 13.3. The lowest BCUT2D eigenvalue weighted by Gasteiger charge is -2.16. The largest absolute Gasteiger partial charge is 0.352 e.